The van der Waals surface area contributed by atoms with Crippen LogP contribution in [0.5, 0.6) is 0 Å². The monoisotopic (exact) mass is 339 g/mol. The number of thiazole rings is 1. The summed E-state index contributed by atoms with van der Waals surface area (Å²) in [6, 6.07) is 7.73. The lowest BCUT2D eigenvalue weighted by molar-refractivity contribution is -0.140. The third-order valence-corrected chi connectivity index (χ3v) is 5.42. The van der Waals surface area contributed by atoms with Gasteiger partial charge in [-0.15, -0.1) is 11.3 Å². The van der Waals surface area contributed by atoms with Gasteiger partial charge in [0.25, 0.3) is 0 Å². The second kappa shape index (κ2) is 6.21. The van der Waals surface area contributed by atoms with E-state index in [1.54, 1.807) is 22.9 Å². The van der Waals surface area contributed by atoms with E-state index in [4.69, 9.17) is 5.26 Å². The highest BCUT2D eigenvalue weighted by atomic mass is 32.1. The Morgan fingerprint density at radius 3 is 3.04 bits per heavy atom. The molecule has 6 nitrogen and oxygen atoms in total. The number of fused-ring (bicyclic) bond motifs is 4. The summed E-state index contributed by atoms with van der Waals surface area (Å²) in [5, 5.41) is 11.1. The lowest BCUT2D eigenvalue weighted by Crippen LogP contribution is -2.47. The zero-order valence-electron chi connectivity index (χ0n) is 13.1. The van der Waals surface area contributed by atoms with E-state index in [1.807, 2.05) is 22.4 Å². The molecule has 2 aromatic heterocycles. The number of anilines is 1. The summed E-state index contributed by atoms with van der Waals surface area (Å²) >= 11 is 1.56. The molecule has 0 unspecified atom stereocenters. The lowest BCUT2D eigenvalue weighted by atomic mass is 9.94. The standard InChI is InChI=1S/C17H17N5OS/c18-6-13-2-1-3-16(20-13)21-7-12-4-5-15(9-21)22(17(12)23)8-14-10-24-11-19-14/h1-3,10-12,15H,4-5,7-9H2/t12-,15+/m1/s1. The van der Waals surface area contributed by atoms with E-state index < -0.39 is 0 Å². The molecule has 2 bridgehead atoms. The molecule has 2 aromatic rings. The van der Waals surface area contributed by atoms with E-state index in [-0.39, 0.29) is 17.9 Å². The van der Waals surface area contributed by atoms with Crippen LogP contribution in [0.3, 0.4) is 0 Å². The molecule has 7 heteroatoms. The summed E-state index contributed by atoms with van der Waals surface area (Å²) in [7, 11) is 0. The molecule has 3 aliphatic heterocycles. The molecule has 5 heterocycles. The Kier molecular flexibility index (Phi) is 3.90. The molecule has 24 heavy (non-hydrogen) atoms. The van der Waals surface area contributed by atoms with Gasteiger partial charge in [0, 0.05) is 24.5 Å². The van der Waals surface area contributed by atoms with Gasteiger partial charge in [-0.05, 0) is 25.0 Å². The van der Waals surface area contributed by atoms with Crippen LogP contribution in [-0.4, -0.2) is 39.9 Å². The molecule has 5 rings (SSSR count). The number of nitrogens with zero attached hydrogens (tertiary/aromatic N) is 5. The largest absolute Gasteiger partial charge is 0.354 e. The molecule has 0 spiro atoms. The molecule has 2 atom stereocenters. The number of hydrogen-bond acceptors (Lipinski definition) is 6. The molecule has 122 valence electrons. The van der Waals surface area contributed by atoms with Crippen molar-refractivity contribution in [1.29, 1.82) is 5.26 Å². The molecule has 0 radical (unpaired) electrons. The van der Waals surface area contributed by atoms with Gasteiger partial charge >= 0.3 is 0 Å². The number of pyridine rings is 1. The minimum Gasteiger partial charge on any atom is -0.354 e. The number of rotatable bonds is 3. The van der Waals surface area contributed by atoms with E-state index in [1.165, 1.54) is 0 Å². The van der Waals surface area contributed by atoms with E-state index in [0.29, 0.717) is 18.8 Å². The maximum absolute atomic E-state index is 12.8. The Balaban J connectivity index is 1.59. The van der Waals surface area contributed by atoms with Gasteiger partial charge in [0.05, 0.1) is 23.7 Å². The molecule has 3 aliphatic rings. The molecule has 0 aliphatic carbocycles. The van der Waals surface area contributed by atoms with Crippen molar-refractivity contribution in [2.75, 3.05) is 18.0 Å². The fraction of sp³-hybridized carbons (Fsp3) is 0.412. The van der Waals surface area contributed by atoms with Crippen molar-refractivity contribution < 1.29 is 4.79 Å². The average molecular weight is 339 g/mol. The minimum absolute atomic E-state index is 0.00470. The first kappa shape index (κ1) is 15.1. The first-order valence-corrected chi connectivity index (χ1v) is 8.98. The van der Waals surface area contributed by atoms with Crippen LogP contribution in [0.25, 0.3) is 0 Å². The number of aromatic nitrogens is 2. The van der Waals surface area contributed by atoms with Crippen molar-refractivity contribution >= 4 is 23.1 Å². The Labute approximate surface area is 144 Å². The van der Waals surface area contributed by atoms with Crippen LogP contribution in [0, 0.1) is 17.2 Å². The van der Waals surface area contributed by atoms with Gasteiger partial charge in [0.2, 0.25) is 5.91 Å². The van der Waals surface area contributed by atoms with Crippen molar-refractivity contribution in [3.8, 4) is 6.07 Å². The predicted octanol–water partition coefficient (Wildman–Crippen LogP) is 2.04. The predicted molar refractivity (Wildman–Crippen MR) is 90.3 cm³/mol. The van der Waals surface area contributed by atoms with Crippen LogP contribution in [0.15, 0.2) is 29.1 Å². The normalized spacial score (nSPS) is 23.2. The van der Waals surface area contributed by atoms with Crippen LogP contribution in [-0.2, 0) is 11.3 Å². The van der Waals surface area contributed by atoms with Crippen LogP contribution in [0.2, 0.25) is 0 Å². The maximum Gasteiger partial charge on any atom is 0.228 e. The molecule has 3 saturated heterocycles. The van der Waals surface area contributed by atoms with Crippen LogP contribution >= 0.6 is 11.3 Å². The van der Waals surface area contributed by atoms with Crippen molar-refractivity contribution in [3.63, 3.8) is 0 Å². The smallest absolute Gasteiger partial charge is 0.228 e. The molecule has 0 N–H and O–H groups in total. The minimum atomic E-state index is -0.00470. The van der Waals surface area contributed by atoms with Crippen LogP contribution in [0.4, 0.5) is 5.82 Å². The fourth-order valence-corrected chi connectivity index (χ4v) is 4.14. The topological polar surface area (TPSA) is 73.1 Å². The molecule has 0 saturated carbocycles. The summed E-state index contributed by atoms with van der Waals surface area (Å²) in [6.45, 7) is 2.02. The van der Waals surface area contributed by atoms with Crippen LogP contribution in [0.1, 0.15) is 24.2 Å². The zero-order chi connectivity index (χ0) is 16.5. The lowest BCUT2D eigenvalue weighted by Gasteiger charge is -2.35. The summed E-state index contributed by atoms with van der Waals surface area (Å²) < 4.78 is 0. The number of nitriles is 1. The highest BCUT2D eigenvalue weighted by molar-refractivity contribution is 7.07. The highest BCUT2D eigenvalue weighted by Crippen LogP contribution is 2.32. The molecule has 0 aromatic carbocycles. The van der Waals surface area contributed by atoms with Gasteiger partial charge < -0.3 is 9.80 Å². The van der Waals surface area contributed by atoms with Gasteiger partial charge in [-0.3, -0.25) is 4.79 Å². The molecule has 3 fully saturated rings. The molecular weight excluding hydrogens is 322 g/mol. The summed E-state index contributed by atoms with van der Waals surface area (Å²) in [6.07, 6.45) is 1.93. The van der Waals surface area contributed by atoms with Gasteiger partial charge in [0.1, 0.15) is 17.6 Å². The Morgan fingerprint density at radius 1 is 1.33 bits per heavy atom. The first-order valence-electron chi connectivity index (χ1n) is 8.04. The highest BCUT2D eigenvalue weighted by Gasteiger charge is 2.41. The van der Waals surface area contributed by atoms with E-state index in [0.717, 1.165) is 30.9 Å². The fourth-order valence-electron chi connectivity index (χ4n) is 3.59. The van der Waals surface area contributed by atoms with E-state index in [2.05, 4.69) is 20.9 Å². The Hall–Kier alpha value is -2.46. The maximum atomic E-state index is 12.8. The zero-order valence-corrected chi connectivity index (χ0v) is 13.9. The van der Waals surface area contributed by atoms with Crippen molar-refractivity contribution in [3.05, 3.63) is 40.5 Å². The quantitative estimate of drug-likeness (QED) is 0.855. The number of carbonyl (C=O) groups is 1. The second-order valence-electron chi connectivity index (χ2n) is 6.27. The number of amides is 1. The van der Waals surface area contributed by atoms with E-state index >= 15 is 0 Å². The van der Waals surface area contributed by atoms with Gasteiger partial charge in [-0.1, -0.05) is 6.07 Å². The second-order valence-corrected chi connectivity index (χ2v) is 6.99. The third-order valence-electron chi connectivity index (χ3n) is 4.78. The molecule has 1 amide bonds. The van der Waals surface area contributed by atoms with Crippen molar-refractivity contribution in [1.82, 2.24) is 14.9 Å². The Morgan fingerprint density at radius 2 is 2.25 bits per heavy atom. The summed E-state index contributed by atoms with van der Waals surface area (Å²) in [5.41, 5.74) is 3.17. The first-order chi connectivity index (χ1) is 11.7. The SMILES string of the molecule is N#Cc1cccc(N2C[C@H]3CC[C@@H](C2)N(Cc2cscn2)C3=O)n1. The Bertz CT molecular complexity index is 785. The number of piperidine rings is 1. The van der Waals surface area contributed by atoms with Gasteiger partial charge in [0.15, 0.2) is 0 Å². The van der Waals surface area contributed by atoms with Crippen molar-refractivity contribution in [2.24, 2.45) is 5.92 Å². The number of hydrogen-bond donors (Lipinski definition) is 0. The van der Waals surface area contributed by atoms with Gasteiger partial charge in [-0.2, -0.15) is 5.26 Å². The number of carbonyl (C=O) groups excluding carboxylic acids is 1. The third kappa shape index (κ3) is 2.74. The van der Waals surface area contributed by atoms with Gasteiger partial charge in [-0.25, -0.2) is 9.97 Å². The molecular formula is C17H17N5OS. The average Bonchev–Trinajstić information content (AvgIpc) is 2.98. The summed E-state index contributed by atoms with van der Waals surface area (Å²) in [5.74, 6) is 1.00. The van der Waals surface area contributed by atoms with E-state index in [9.17, 15) is 4.79 Å². The summed E-state index contributed by atoms with van der Waals surface area (Å²) in [4.78, 5) is 25.7. The van der Waals surface area contributed by atoms with Crippen LogP contribution < -0.4 is 4.90 Å². The van der Waals surface area contributed by atoms with Crippen molar-refractivity contribution in [2.45, 2.75) is 25.4 Å².